The highest BCUT2D eigenvalue weighted by Gasteiger charge is 2.22. The highest BCUT2D eigenvalue weighted by atomic mass is 16.5. The molecule has 1 aromatic rings. The number of carbonyl (C=O) groups excluding carboxylic acids is 1. The van der Waals surface area contributed by atoms with E-state index < -0.39 is 0 Å². The van der Waals surface area contributed by atoms with E-state index in [0.717, 1.165) is 43.8 Å². The molecule has 1 N–H and O–H groups in total. The SMILES string of the molecule is COCC1CCC(NC(=O)CCc2ccnc(C)n2)CC1. The van der Waals surface area contributed by atoms with Crippen molar-refractivity contribution in [2.45, 2.75) is 51.5 Å². The number of hydrogen-bond donors (Lipinski definition) is 1. The molecule has 1 aliphatic rings. The number of methoxy groups -OCH3 is 1. The Bertz CT molecular complexity index is 457. The highest BCUT2D eigenvalue weighted by molar-refractivity contribution is 5.76. The lowest BCUT2D eigenvalue weighted by atomic mass is 9.86. The van der Waals surface area contributed by atoms with Gasteiger partial charge < -0.3 is 10.1 Å². The van der Waals surface area contributed by atoms with Crippen LogP contribution in [0, 0.1) is 12.8 Å². The second-order valence-electron chi connectivity index (χ2n) is 5.84. The third kappa shape index (κ3) is 5.42. The Morgan fingerprint density at radius 3 is 2.81 bits per heavy atom. The number of rotatable bonds is 6. The van der Waals surface area contributed by atoms with Crippen LogP contribution in [0.3, 0.4) is 0 Å². The van der Waals surface area contributed by atoms with Crippen molar-refractivity contribution in [2.24, 2.45) is 5.92 Å². The molecule has 0 aliphatic heterocycles. The maximum atomic E-state index is 12.0. The summed E-state index contributed by atoms with van der Waals surface area (Å²) in [5.41, 5.74) is 0.932. The topological polar surface area (TPSA) is 64.1 Å². The standard InChI is InChI=1S/C16H25N3O2/c1-12-17-10-9-15(18-12)7-8-16(20)19-14-5-3-13(4-6-14)11-21-2/h9-10,13-14H,3-8,11H2,1-2H3,(H,19,20). The van der Waals surface area contributed by atoms with Gasteiger partial charge in [-0.2, -0.15) is 0 Å². The second kappa shape index (κ2) is 8.08. The molecule has 0 atom stereocenters. The lowest BCUT2D eigenvalue weighted by Gasteiger charge is -2.28. The Balaban J connectivity index is 1.68. The fourth-order valence-corrected chi connectivity index (χ4v) is 2.89. The molecule has 0 bridgehead atoms. The van der Waals surface area contributed by atoms with Gasteiger partial charge in [-0.25, -0.2) is 9.97 Å². The lowest BCUT2D eigenvalue weighted by Crippen LogP contribution is -2.38. The maximum absolute atomic E-state index is 12.0. The zero-order chi connectivity index (χ0) is 15.1. The van der Waals surface area contributed by atoms with Crippen molar-refractivity contribution in [3.05, 3.63) is 23.8 Å². The van der Waals surface area contributed by atoms with E-state index in [4.69, 9.17) is 4.74 Å². The zero-order valence-electron chi connectivity index (χ0n) is 13.0. The van der Waals surface area contributed by atoms with Gasteiger partial charge in [0, 0.05) is 38.1 Å². The molecule has 0 radical (unpaired) electrons. The Morgan fingerprint density at radius 1 is 1.38 bits per heavy atom. The van der Waals surface area contributed by atoms with Crippen molar-refractivity contribution in [2.75, 3.05) is 13.7 Å². The van der Waals surface area contributed by atoms with Gasteiger partial charge in [0.2, 0.25) is 5.91 Å². The number of nitrogens with zero attached hydrogens (tertiary/aromatic N) is 2. The molecule has 0 spiro atoms. The van der Waals surface area contributed by atoms with Gasteiger partial charge in [-0.05, 0) is 51.0 Å². The molecule has 1 heterocycles. The van der Waals surface area contributed by atoms with E-state index in [-0.39, 0.29) is 5.91 Å². The van der Waals surface area contributed by atoms with Crippen LogP contribution in [0.5, 0.6) is 0 Å². The minimum atomic E-state index is 0.126. The van der Waals surface area contributed by atoms with E-state index in [0.29, 0.717) is 24.8 Å². The quantitative estimate of drug-likeness (QED) is 0.871. The summed E-state index contributed by atoms with van der Waals surface area (Å²) in [6.45, 7) is 2.70. The summed E-state index contributed by atoms with van der Waals surface area (Å²) in [7, 11) is 1.75. The van der Waals surface area contributed by atoms with E-state index in [1.807, 2.05) is 13.0 Å². The number of amides is 1. The van der Waals surface area contributed by atoms with Crippen molar-refractivity contribution in [1.82, 2.24) is 15.3 Å². The summed E-state index contributed by atoms with van der Waals surface area (Å²) < 4.78 is 5.20. The first-order chi connectivity index (χ1) is 10.2. The van der Waals surface area contributed by atoms with Crippen molar-refractivity contribution in [3.8, 4) is 0 Å². The number of nitrogens with one attached hydrogen (secondary N) is 1. The van der Waals surface area contributed by atoms with Crippen molar-refractivity contribution >= 4 is 5.91 Å². The minimum Gasteiger partial charge on any atom is -0.384 e. The monoisotopic (exact) mass is 291 g/mol. The number of aryl methyl sites for hydroxylation is 2. The van der Waals surface area contributed by atoms with Gasteiger partial charge in [-0.15, -0.1) is 0 Å². The summed E-state index contributed by atoms with van der Waals surface area (Å²) in [6, 6.07) is 2.20. The number of carbonyl (C=O) groups is 1. The van der Waals surface area contributed by atoms with Gasteiger partial charge in [0.25, 0.3) is 0 Å². The number of ether oxygens (including phenoxy) is 1. The fourth-order valence-electron chi connectivity index (χ4n) is 2.89. The zero-order valence-corrected chi connectivity index (χ0v) is 13.0. The van der Waals surface area contributed by atoms with Crippen LogP contribution in [-0.4, -0.2) is 35.6 Å². The first-order valence-electron chi connectivity index (χ1n) is 7.74. The van der Waals surface area contributed by atoms with Crippen LogP contribution < -0.4 is 5.32 Å². The van der Waals surface area contributed by atoms with Crippen LogP contribution in [0.1, 0.15) is 43.6 Å². The van der Waals surface area contributed by atoms with Crippen molar-refractivity contribution in [3.63, 3.8) is 0 Å². The van der Waals surface area contributed by atoms with Crippen LogP contribution in [-0.2, 0) is 16.0 Å². The molecular weight excluding hydrogens is 266 g/mol. The first-order valence-corrected chi connectivity index (χ1v) is 7.74. The van der Waals surface area contributed by atoms with Crippen molar-refractivity contribution < 1.29 is 9.53 Å². The molecule has 1 amide bonds. The van der Waals surface area contributed by atoms with Crippen LogP contribution in [0.4, 0.5) is 0 Å². The van der Waals surface area contributed by atoms with E-state index in [2.05, 4.69) is 15.3 Å². The van der Waals surface area contributed by atoms with Crippen LogP contribution in [0.2, 0.25) is 0 Å². The summed E-state index contributed by atoms with van der Waals surface area (Å²) >= 11 is 0. The highest BCUT2D eigenvalue weighted by Crippen LogP contribution is 2.24. The number of aromatic nitrogens is 2. The van der Waals surface area contributed by atoms with Crippen LogP contribution in [0.15, 0.2) is 12.3 Å². The predicted octanol–water partition coefficient (Wildman–Crippen LogP) is 2.04. The molecule has 0 unspecified atom stereocenters. The Labute approximate surface area is 126 Å². The molecule has 116 valence electrons. The average molecular weight is 291 g/mol. The third-order valence-electron chi connectivity index (χ3n) is 4.06. The van der Waals surface area contributed by atoms with Gasteiger partial charge >= 0.3 is 0 Å². The van der Waals surface area contributed by atoms with Gasteiger partial charge in [0.05, 0.1) is 0 Å². The summed E-state index contributed by atoms with van der Waals surface area (Å²) in [5, 5.41) is 3.14. The largest absolute Gasteiger partial charge is 0.384 e. The molecular formula is C16H25N3O2. The molecule has 21 heavy (non-hydrogen) atoms. The predicted molar refractivity (Wildman–Crippen MR) is 80.9 cm³/mol. The molecule has 1 aromatic heterocycles. The molecule has 5 heteroatoms. The average Bonchev–Trinajstić information content (AvgIpc) is 2.48. The smallest absolute Gasteiger partial charge is 0.220 e. The van der Waals surface area contributed by atoms with Crippen molar-refractivity contribution in [1.29, 1.82) is 0 Å². The Morgan fingerprint density at radius 2 is 2.14 bits per heavy atom. The van der Waals surface area contributed by atoms with Crippen LogP contribution >= 0.6 is 0 Å². The molecule has 1 fully saturated rings. The van der Waals surface area contributed by atoms with Gasteiger partial charge in [-0.3, -0.25) is 4.79 Å². The minimum absolute atomic E-state index is 0.126. The Hall–Kier alpha value is -1.49. The molecule has 0 aromatic carbocycles. The van der Waals surface area contributed by atoms with E-state index in [1.54, 1.807) is 13.3 Å². The lowest BCUT2D eigenvalue weighted by molar-refractivity contribution is -0.122. The summed E-state index contributed by atoms with van der Waals surface area (Å²) in [6.07, 6.45) is 7.32. The van der Waals surface area contributed by atoms with E-state index in [1.165, 1.54) is 0 Å². The maximum Gasteiger partial charge on any atom is 0.220 e. The fraction of sp³-hybridized carbons (Fsp3) is 0.688. The number of hydrogen-bond acceptors (Lipinski definition) is 4. The van der Waals surface area contributed by atoms with E-state index in [9.17, 15) is 4.79 Å². The normalized spacial score (nSPS) is 22.0. The Kier molecular flexibility index (Phi) is 6.11. The third-order valence-corrected chi connectivity index (χ3v) is 4.06. The van der Waals surface area contributed by atoms with Gasteiger partial charge in [0.15, 0.2) is 0 Å². The first kappa shape index (κ1) is 15.9. The summed E-state index contributed by atoms with van der Waals surface area (Å²) in [5.74, 6) is 1.54. The molecule has 1 aliphatic carbocycles. The molecule has 0 saturated heterocycles. The molecule has 1 saturated carbocycles. The van der Waals surface area contributed by atoms with Gasteiger partial charge in [0.1, 0.15) is 5.82 Å². The second-order valence-corrected chi connectivity index (χ2v) is 5.84. The molecule has 5 nitrogen and oxygen atoms in total. The van der Waals surface area contributed by atoms with Crippen LogP contribution in [0.25, 0.3) is 0 Å². The molecule has 2 rings (SSSR count). The van der Waals surface area contributed by atoms with Gasteiger partial charge in [-0.1, -0.05) is 0 Å². The van der Waals surface area contributed by atoms with E-state index >= 15 is 0 Å². The summed E-state index contributed by atoms with van der Waals surface area (Å²) in [4.78, 5) is 20.4.